The standard InChI is InChI=1S/C79H43N7O2/c1-81-49-39-43-52(44-40-49)86(70-36-18-28-60-58-26-16-32-66(83-3)76(58)88-78(60)70)72-46-64-74(56-24-10-8-22-54(56)72)73-55-23-9-7-21-53(55)71(45-63(73)79(64)61-29-11-13-33-67(61)84(50-19-5-4-6-20-50)68-34-14-12-30-62(68)79)85(51-41-37-48(47-80)38-42-51)69-35-17-27-59-57-25-15-31-65(82-2)75(57)87-77(59)69/h4-46H. The van der Waals surface area contributed by atoms with Crippen molar-refractivity contribution < 1.29 is 8.83 Å². The Morgan fingerprint density at radius 3 is 1.24 bits per heavy atom. The Morgan fingerprint density at radius 1 is 0.364 bits per heavy atom. The van der Waals surface area contributed by atoms with Crippen LogP contribution in [0.2, 0.25) is 0 Å². The average Bonchev–Trinajstić information content (AvgIpc) is 1.45. The van der Waals surface area contributed by atoms with Gasteiger partial charge in [-0.05, 0) is 129 Å². The molecule has 0 saturated carbocycles. The first kappa shape index (κ1) is 49.9. The normalized spacial score (nSPS) is 12.6. The largest absolute Gasteiger partial charge is 0.465 e. The number of furan rings is 2. The van der Waals surface area contributed by atoms with Crippen molar-refractivity contribution >= 4 is 134 Å². The smallest absolute Gasteiger partial charge is 0.229 e. The number of para-hydroxylation sites is 7. The molecule has 1 aliphatic heterocycles. The summed E-state index contributed by atoms with van der Waals surface area (Å²) in [6.45, 7) is 24.4. The van der Waals surface area contributed by atoms with E-state index in [2.05, 4.69) is 211 Å². The summed E-state index contributed by atoms with van der Waals surface area (Å²) in [5, 5.41) is 17.7. The Balaban J connectivity index is 1.04. The van der Waals surface area contributed by atoms with Crippen molar-refractivity contribution in [3.63, 3.8) is 0 Å². The van der Waals surface area contributed by atoms with Crippen LogP contribution in [0.5, 0.6) is 0 Å². The van der Waals surface area contributed by atoms with E-state index in [1.165, 1.54) is 0 Å². The number of benzene rings is 13. The van der Waals surface area contributed by atoms with Crippen molar-refractivity contribution in [3.05, 3.63) is 323 Å². The average molecular weight is 1120 g/mol. The second-order valence-electron chi connectivity index (χ2n) is 22.2. The van der Waals surface area contributed by atoms with Gasteiger partial charge in [-0.3, -0.25) is 0 Å². The molecule has 9 heteroatoms. The molecule has 0 fully saturated rings. The van der Waals surface area contributed by atoms with Gasteiger partial charge in [-0.1, -0.05) is 176 Å². The Labute approximate surface area is 505 Å². The van der Waals surface area contributed by atoms with Crippen LogP contribution in [-0.2, 0) is 5.41 Å². The number of hydrogen-bond donors (Lipinski definition) is 0. The molecule has 0 amide bonds. The van der Waals surface area contributed by atoms with Gasteiger partial charge >= 0.3 is 0 Å². The zero-order valence-electron chi connectivity index (χ0n) is 46.8. The van der Waals surface area contributed by atoms with E-state index in [0.29, 0.717) is 45.0 Å². The fourth-order valence-corrected chi connectivity index (χ4v) is 14.3. The molecule has 1 aliphatic carbocycles. The molecule has 0 N–H and O–H groups in total. The monoisotopic (exact) mass is 1120 g/mol. The van der Waals surface area contributed by atoms with Crippen molar-refractivity contribution in [2.75, 3.05) is 14.7 Å². The van der Waals surface area contributed by atoms with Crippen LogP contribution in [0.4, 0.5) is 68.2 Å². The van der Waals surface area contributed by atoms with Crippen molar-refractivity contribution in [3.8, 4) is 17.2 Å². The van der Waals surface area contributed by atoms with Gasteiger partial charge in [-0.15, -0.1) is 0 Å². The van der Waals surface area contributed by atoms with Crippen LogP contribution in [0.15, 0.2) is 270 Å². The Morgan fingerprint density at radius 2 is 0.773 bits per heavy atom. The van der Waals surface area contributed by atoms with Gasteiger partial charge < -0.3 is 23.5 Å². The zero-order valence-corrected chi connectivity index (χ0v) is 46.8. The summed E-state index contributed by atoms with van der Waals surface area (Å²) < 4.78 is 13.9. The molecule has 3 heterocycles. The molecular formula is C79H43N7O2. The lowest BCUT2D eigenvalue weighted by molar-refractivity contribution is 0.670. The lowest BCUT2D eigenvalue weighted by Crippen LogP contribution is -2.36. The van der Waals surface area contributed by atoms with Crippen LogP contribution in [0.25, 0.3) is 91.1 Å². The molecule has 2 aliphatic rings. The number of nitrogens with zero attached hydrogens (tertiary/aromatic N) is 7. The van der Waals surface area contributed by atoms with Gasteiger partial charge in [0.2, 0.25) is 11.4 Å². The van der Waals surface area contributed by atoms with Crippen molar-refractivity contribution in [1.82, 2.24) is 0 Å². The minimum Gasteiger partial charge on any atom is -0.465 e. The third-order valence-corrected chi connectivity index (χ3v) is 17.9. The highest BCUT2D eigenvalue weighted by atomic mass is 16.3. The van der Waals surface area contributed by atoms with Gasteiger partial charge in [-0.25, -0.2) is 14.5 Å². The number of rotatable bonds is 7. The molecular weight excluding hydrogens is 1080 g/mol. The number of hydrogen-bond acceptors (Lipinski definition) is 6. The molecule has 0 radical (unpaired) electrons. The third-order valence-electron chi connectivity index (χ3n) is 17.9. The van der Waals surface area contributed by atoms with Crippen molar-refractivity contribution in [2.45, 2.75) is 5.41 Å². The first-order valence-electron chi connectivity index (χ1n) is 28.9. The van der Waals surface area contributed by atoms with Crippen molar-refractivity contribution in [1.29, 1.82) is 5.26 Å². The summed E-state index contributed by atoms with van der Waals surface area (Å²) in [7, 11) is 0. The summed E-state index contributed by atoms with van der Waals surface area (Å²) in [5.74, 6) is 0. The Kier molecular flexibility index (Phi) is 10.9. The maximum absolute atomic E-state index is 10.2. The van der Waals surface area contributed by atoms with Gasteiger partial charge in [-0.2, -0.15) is 5.26 Å². The summed E-state index contributed by atoms with van der Waals surface area (Å²) in [5.41, 5.74) is 17.6. The molecule has 17 rings (SSSR count). The molecule has 9 nitrogen and oxygen atoms in total. The third kappa shape index (κ3) is 6.93. The van der Waals surface area contributed by atoms with Gasteiger partial charge in [0.15, 0.2) is 16.9 Å². The summed E-state index contributed by atoms with van der Waals surface area (Å²) >= 11 is 0. The quantitative estimate of drug-likeness (QED) is 0.148. The van der Waals surface area contributed by atoms with E-state index < -0.39 is 5.41 Å². The van der Waals surface area contributed by atoms with E-state index in [1.807, 2.05) is 72.8 Å². The van der Waals surface area contributed by atoms with E-state index in [-0.39, 0.29) is 0 Å². The van der Waals surface area contributed by atoms with Crippen LogP contribution in [0.1, 0.15) is 27.8 Å². The minimum absolute atomic E-state index is 0.431. The number of fused-ring (bicyclic) bond motifs is 19. The lowest BCUT2D eigenvalue weighted by Gasteiger charge is -2.45. The van der Waals surface area contributed by atoms with E-state index in [1.54, 1.807) is 12.1 Å². The van der Waals surface area contributed by atoms with E-state index in [0.717, 1.165) is 128 Å². The SMILES string of the molecule is [C-]#[N+]c1ccc(N(c2cc3c(c4ccccc24)-c2c(cc(N(c4ccc(C#N)cc4)c4cccc5c4oc4c([N+]#[C-])cccc45)c4ccccc24)C32c3ccccc3N(c3ccccc3)c3ccccc32)c2cccc3c2oc2c([N+]#[C-])cccc23)cc1. The first-order chi connectivity index (χ1) is 43.5. The van der Waals surface area contributed by atoms with E-state index >= 15 is 0 Å². The van der Waals surface area contributed by atoms with Crippen LogP contribution in [-0.4, -0.2) is 0 Å². The highest BCUT2D eigenvalue weighted by molar-refractivity contribution is 6.21. The van der Waals surface area contributed by atoms with Crippen LogP contribution < -0.4 is 14.7 Å². The summed E-state index contributed by atoms with van der Waals surface area (Å²) in [6, 6.07) is 92.2. The fourth-order valence-electron chi connectivity index (χ4n) is 14.3. The second-order valence-corrected chi connectivity index (χ2v) is 22.2. The van der Waals surface area contributed by atoms with Crippen LogP contribution in [0.3, 0.4) is 0 Å². The molecule has 1 spiro atoms. The molecule has 406 valence electrons. The van der Waals surface area contributed by atoms with E-state index in [4.69, 9.17) is 28.6 Å². The molecule has 15 aromatic rings. The number of nitriles is 1. The fraction of sp³-hybridized carbons (Fsp3) is 0.0127. The van der Waals surface area contributed by atoms with Gasteiger partial charge in [0.25, 0.3) is 0 Å². The Hall–Kier alpha value is -12.7. The lowest BCUT2D eigenvalue weighted by atomic mass is 9.64. The maximum atomic E-state index is 10.2. The van der Waals surface area contributed by atoms with Gasteiger partial charge in [0.1, 0.15) is 11.2 Å². The van der Waals surface area contributed by atoms with Crippen LogP contribution >= 0.6 is 0 Å². The predicted octanol–water partition coefficient (Wildman–Crippen LogP) is 22.4. The van der Waals surface area contributed by atoms with E-state index in [9.17, 15) is 5.26 Å². The molecule has 0 atom stereocenters. The Bertz CT molecular complexity index is 5330. The molecule has 0 unspecified atom stereocenters. The van der Waals surface area contributed by atoms with Crippen molar-refractivity contribution in [2.24, 2.45) is 0 Å². The minimum atomic E-state index is -1.04. The number of anilines is 9. The molecule has 13 aromatic carbocycles. The molecule has 0 saturated heterocycles. The topological polar surface area (TPSA) is 72.9 Å². The maximum Gasteiger partial charge on any atom is 0.229 e. The van der Waals surface area contributed by atoms with Crippen LogP contribution in [0, 0.1) is 31.0 Å². The van der Waals surface area contributed by atoms with Gasteiger partial charge in [0, 0.05) is 49.4 Å². The summed E-state index contributed by atoms with van der Waals surface area (Å²) in [4.78, 5) is 18.6. The highest BCUT2D eigenvalue weighted by Gasteiger charge is 2.54. The molecule has 0 bridgehead atoms. The predicted molar refractivity (Wildman–Crippen MR) is 354 cm³/mol. The first-order valence-corrected chi connectivity index (χ1v) is 28.9. The summed E-state index contributed by atoms with van der Waals surface area (Å²) in [6.07, 6.45) is 0. The molecule has 88 heavy (non-hydrogen) atoms. The highest BCUT2D eigenvalue weighted by Crippen LogP contribution is 2.67. The zero-order chi connectivity index (χ0) is 58.8. The second kappa shape index (κ2) is 19.2. The van der Waals surface area contributed by atoms with Gasteiger partial charge in [0.05, 0.1) is 70.9 Å². The molecule has 2 aromatic heterocycles.